The van der Waals surface area contributed by atoms with Gasteiger partial charge in [0.25, 0.3) is 5.91 Å². The van der Waals surface area contributed by atoms with Crippen LogP contribution >= 0.6 is 0 Å². The van der Waals surface area contributed by atoms with Crippen LogP contribution in [0.15, 0.2) is 54.7 Å². The molecule has 2 aromatic carbocycles. The first-order chi connectivity index (χ1) is 16.4. The Morgan fingerprint density at radius 2 is 1.62 bits per heavy atom. The van der Waals surface area contributed by atoms with Crippen molar-refractivity contribution in [2.75, 3.05) is 32.4 Å². The molecule has 0 bridgehead atoms. The average Bonchev–Trinajstić information content (AvgIpc) is 2.87. The summed E-state index contributed by atoms with van der Waals surface area (Å²) in [5.41, 5.74) is 8.46. The fourth-order valence-electron chi connectivity index (χ4n) is 3.32. The molecule has 1 aromatic heterocycles. The van der Waals surface area contributed by atoms with Crippen LogP contribution in [0.2, 0.25) is 0 Å². The Morgan fingerprint density at radius 1 is 0.941 bits per heavy atom. The molecule has 1 heterocycles. The zero-order valence-electron chi connectivity index (χ0n) is 19.4. The molecule has 9 nitrogen and oxygen atoms in total. The van der Waals surface area contributed by atoms with Crippen LogP contribution < -0.4 is 30.6 Å². The number of hydrogen-bond acceptors (Lipinski definition) is 7. The molecule has 0 atom stereocenters. The van der Waals surface area contributed by atoms with Crippen LogP contribution in [-0.2, 0) is 17.8 Å². The number of pyridine rings is 1. The van der Waals surface area contributed by atoms with Gasteiger partial charge in [0, 0.05) is 24.7 Å². The summed E-state index contributed by atoms with van der Waals surface area (Å²) in [5, 5.41) is 5.62. The van der Waals surface area contributed by atoms with Gasteiger partial charge in [0.05, 0.1) is 27.0 Å². The number of aromatic nitrogens is 1. The minimum absolute atomic E-state index is 0.0948. The van der Waals surface area contributed by atoms with Crippen molar-refractivity contribution < 1.29 is 23.8 Å². The van der Waals surface area contributed by atoms with Gasteiger partial charge in [0.1, 0.15) is 5.82 Å². The minimum Gasteiger partial charge on any atom is -0.493 e. The smallest absolute Gasteiger partial charge is 0.255 e. The largest absolute Gasteiger partial charge is 0.493 e. The lowest BCUT2D eigenvalue weighted by Crippen LogP contribution is -2.23. The highest BCUT2D eigenvalue weighted by molar-refractivity contribution is 6.05. The second-order valence-electron chi connectivity index (χ2n) is 7.40. The van der Waals surface area contributed by atoms with Gasteiger partial charge in [-0.1, -0.05) is 12.1 Å². The Balaban J connectivity index is 1.51. The first-order valence-electron chi connectivity index (χ1n) is 10.6. The maximum Gasteiger partial charge on any atom is 0.255 e. The van der Waals surface area contributed by atoms with E-state index < -0.39 is 0 Å². The Labute approximate surface area is 198 Å². The van der Waals surface area contributed by atoms with Crippen LogP contribution in [0, 0.1) is 0 Å². The highest BCUT2D eigenvalue weighted by Crippen LogP contribution is 2.38. The first kappa shape index (κ1) is 24.4. The normalized spacial score (nSPS) is 10.3. The maximum absolute atomic E-state index is 12.4. The summed E-state index contributed by atoms with van der Waals surface area (Å²) in [4.78, 5) is 28.7. The molecule has 4 N–H and O–H groups in total. The number of nitrogens with two attached hydrogens (primary N) is 1. The van der Waals surface area contributed by atoms with Crippen molar-refractivity contribution in [2.24, 2.45) is 0 Å². The van der Waals surface area contributed by atoms with Gasteiger partial charge in [0.2, 0.25) is 11.7 Å². The monoisotopic (exact) mass is 464 g/mol. The lowest BCUT2D eigenvalue weighted by molar-refractivity contribution is -0.121. The van der Waals surface area contributed by atoms with Gasteiger partial charge in [-0.05, 0) is 53.9 Å². The molecule has 0 saturated heterocycles. The molecule has 0 fully saturated rings. The van der Waals surface area contributed by atoms with Crippen molar-refractivity contribution in [2.45, 2.75) is 19.4 Å². The summed E-state index contributed by atoms with van der Waals surface area (Å²) < 4.78 is 16.0. The number of ether oxygens (including phenoxy) is 3. The van der Waals surface area contributed by atoms with Gasteiger partial charge >= 0.3 is 0 Å². The molecule has 0 aliphatic rings. The van der Waals surface area contributed by atoms with Gasteiger partial charge in [0.15, 0.2) is 11.5 Å². The molecule has 9 heteroatoms. The zero-order chi connectivity index (χ0) is 24.5. The van der Waals surface area contributed by atoms with Gasteiger partial charge in [-0.25, -0.2) is 4.98 Å². The van der Waals surface area contributed by atoms with E-state index in [2.05, 4.69) is 15.6 Å². The molecular formula is C25H28N4O5. The number of amides is 2. The van der Waals surface area contributed by atoms with Crippen LogP contribution in [0.1, 0.15) is 27.9 Å². The molecule has 0 unspecified atom stereocenters. The second kappa shape index (κ2) is 11.6. The lowest BCUT2D eigenvalue weighted by Gasteiger charge is -2.14. The van der Waals surface area contributed by atoms with E-state index in [1.807, 2.05) is 12.1 Å². The molecule has 34 heavy (non-hydrogen) atoms. The summed E-state index contributed by atoms with van der Waals surface area (Å²) in [6.07, 6.45) is 2.36. The predicted molar refractivity (Wildman–Crippen MR) is 129 cm³/mol. The van der Waals surface area contributed by atoms with E-state index in [0.29, 0.717) is 47.9 Å². The summed E-state index contributed by atoms with van der Waals surface area (Å²) in [5.74, 6) is 1.48. The van der Waals surface area contributed by atoms with E-state index in [-0.39, 0.29) is 17.6 Å². The number of anilines is 2. The highest BCUT2D eigenvalue weighted by atomic mass is 16.5. The molecule has 0 aliphatic heterocycles. The molecule has 2 amide bonds. The number of hydrogen-bond donors (Lipinski definition) is 3. The molecule has 0 saturated carbocycles. The number of benzene rings is 2. The number of carbonyl (C=O) groups is 2. The van der Waals surface area contributed by atoms with Gasteiger partial charge in [-0.15, -0.1) is 0 Å². The minimum atomic E-state index is -0.291. The fraction of sp³-hybridized carbons (Fsp3) is 0.240. The van der Waals surface area contributed by atoms with E-state index in [4.69, 9.17) is 19.9 Å². The quantitative estimate of drug-likeness (QED) is 0.421. The summed E-state index contributed by atoms with van der Waals surface area (Å²) in [7, 11) is 4.65. The Hall–Kier alpha value is -4.27. The number of nitrogens with one attached hydrogen (secondary N) is 2. The molecule has 3 aromatic rings. The number of rotatable bonds is 10. The van der Waals surface area contributed by atoms with Crippen LogP contribution in [0.4, 0.5) is 11.5 Å². The van der Waals surface area contributed by atoms with Crippen molar-refractivity contribution >= 4 is 23.3 Å². The molecule has 178 valence electrons. The van der Waals surface area contributed by atoms with Crippen molar-refractivity contribution in [1.29, 1.82) is 0 Å². The van der Waals surface area contributed by atoms with E-state index in [9.17, 15) is 9.59 Å². The van der Waals surface area contributed by atoms with E-state index in [0.717, 1.165) is 11.1 Å². The van der Waals surface area contributed by atoms with Crippen LogP contribution in [0.3, 0.4) is 0 Å². The highest BCUT2D eigenvalue weighted by Gasteiger charge is 2.14. The Bertz CT molecular complexity index is 1120. The van der Waals surface area contributed by atoms with Gasteiger partial charge in [-0.2, -0.15) is 0 Å². The topological polar surface area (TPSA) is 125 Å². The van der Waals surface area contributed by atoms with Gasteiger partial charge in [-0.3, -0.25) is 9.59 Å². The SMILES string of the molecule is COc1cc(CCC(=O)NCc2ccc(C(=O)Nc3cccnc3N)cc2)cc(OC)c1OC. The van der Waals surface area contributed by atoms with Crippen molar-refractivity contribution in [1.82, 2.24) is 10.3 Å². The third kappa shape index (κ3) is 6.16. The molecule has 0 spiro atoms. The number of methoxy groups -OCH3 is 3. The summed E-state index contributed by atoms with van der Waals surface area (Å²) in [6.45, 7) is 0.353. The van der Waals surface area contributed by atoms with Crippen molar-refractivity contribution in [3.8, 4) is 17.2 Å². The molecule has 0 radical (unpaired) electrons. The summed E-state index contributed by atoms with van der Waals surface area (Å²) in [6, 6.07) is 14.0. The standard InChI is InChI=1S/C25H28N4O5/c1-32-20-13-17(14-21(33-2)23(20)34-3)8-11-22(30)28-15-16-6-9-18(10-7-16)25(31)29-19-5-4-12-27-24(19)26/h4-7,9-10,12-14H,8,11,15H2,1-3H3,(H2,26,27)(H,28,30)(H,29,31). The van der Waals surface area contributed by atoms with E-state index in [1.165, 1.54) is 0 Å². The Morgan fingerprint density at radius 3 is 2.21 bits per heavy atom. The van der Waals surface area contributed by atoms with Crippen LogP contribution in [0.5, 0.6) is 17.2 Å². The zero-order valence-corrected chi connectivity index (χ0v) is 19.4. The van der Waals surface area contributed by atoms with E-state index >= 15 is 0 Å². The van der Waals surface area contributed by atoms with Crippen molar-refractivity contribution in [3.05, 3.63) is 71.4 Å². The maximum atomic E-state index is 12.4. The van der Waals surface area contributed by atoms with Crippen molar-refractivity contribution in [3.63, 3.8) is 0 Å². The number of aryl methyl sites for hydroxylation is 1. The van der Waals surface area contributed by atoms with Crippen LogP contribution in [-0.4, -0.2) is 38.1 Å². The Kier molecular flexibility index (Phi) is 8.28. The van der Waals surface area contributed by atoms with E-state index in [1.54, 1.807) is 63.9 Å². The predicted octanol–water partition coefficient (Wildman–Crippen LogP) is 3.19. The summed E-state index contributed by atoms with van der Waals surface area (Å²) >= 11 is 0. The molecule has 0 aliphatic carbocycles. The third-order valence-electron chi connectivity index (χ3n) is 5.16. The fourth-order valence-corrected chi connectivity index (χ4v) is 3.32. The third-order valence-corrected chi connectivity index (χ3v) is 5.16. The first-order valence-corrected chi connectivity index (χ1v) is 10.6. The number of carbonyl (C=O) groups excluding carboxylic acids is 2. The number of nitrogen functional groups attached to an aromatic ring is 1. The molecule has 3 rings (SSSR count). The molecular weight excluding hydrogens is 436 g/mol. The second-order valence-corrected chi connectivity index (χ2v) is 7.40. The number of nitrogens with zero attached hydrogens (tertiary/aromatic N) is 1. The lowest BCUT2D eigenvalue weighted by atomic mass is 10.1. The average molecular weight is 465 g/mol. The van der Waals surface area contributed by atoms with Crippen LogP contribution in [0.25, 0.3) is 0 Å². The van der Waals surface area contributed by atoms with Gasteiger partial charge < -0.3 is 30.6 Å².